The van der Waals surface area contributed by atoms with Gasteiger partial charge in [0.05, 0.1) is 0 Å². The highest BCUT2D eigenvalue weighted by atomic mass is 16.4. The highest BCUT2D eigenvalue weighted by molar-refractivity contribution is 5.71. The number of aromatic nitrogens is 1. The third-order valence-electron chi connectivity index (χ3n) is 3.42. The summed E-state index contributed by atoms with van der Waals surface area (Å²) in [6, 6.07) is 0. The van der Waals surface area contributed by atoms with E-state index in [4.69, 9.17) is 0 Å². The molecular formula is C15H21NO2. The first-order chi connectivity index (χ1) is 8.41. The Morgan fingerprint density at radius 2 is 1.83 bits per heavy atom. The van der Waals surface area contributed by atoms with Crippen LogP contribution in [0.1, 0.15) is 50.4 Å². The van der Waals surface area contributed by atoms with E-state index in [0.717, 1.165) is 31.4 Å². The third kappa shape index (κ3) is 2.35. The zero-order valence-electron chi connectivity index (χ0n) is 11.4. The van der Waals surface area contributed by atoms with Gasteiger partial charge in [0.25, 0.3) is 0 Å². The number of allylic oxidation sites excluding steroid dienone is 2. The first kappa shape index (κ1) is 12.9. The molecule has 0 bridgehead atoms. The lowest BCUT2D eigenvalue weighted by Gasteiger charge is -2.22. The molecule has 0 saturated heterocycles. The number of aryl methyl sites for hydroxylation is 1. The van der Waals surface area contributed by atoms with Gasteiger partial charge in [-0.3, -0.25) is 4.57 Å². The minimum absolute atomic E-state index is 0.144. The van der Waals surface area contributed by atoms with Crippen molar-refractivity contribution >= 4 is 6.09 Å². The molecule has 3 heteroatoms. The number of carbonyl (C=O) groups is 1. The second-order valence-electron chi connectivity index (χ2n) is 5.93. The second-order valence-corrected chi connectivity index (χ2v) is 5.93. The van der Waals surface area contributed by atoms with E-state index >= 15 is 0 Å². The van der Waals surface area contributed by atoms with Gasteiger partial charge >= 0.3 is 6.09 Å². The number of hydrogen-bond acceptors (Lipinski definition) is 1. The maximum absolute atomic E-state index is 11.4. The van der Waals surface area contributed by atoms with Crippen LogP contribution in [0.15, 0.2) is 18.3 Å². The minimum atomic E-state index is -0.875. The SMILES string of the molecule is CC(C)(C)c1c2c(cn1C(=O)O)CC/C=C\CC2. The van der Waals surface area contributed by atoms with Crippen LogP contribution in [0.3, 0.4) is 0 Å². The number of nitrogens with zero attached hydrogens (tertiary/aromatic N) is 1. The molecule has 0 amide bonds. The highest BCUT2D eigenvalue weighted by Gasteiger charge is 2.27. The third-order valence-corrected chi connectivity index (χ3v) is 3.42. The predicted molar refractivity (Wildman–Crippen MR) is 72.3 cm³/mol. The van der Waals surface area contributed by atoms with Gasteiger partial charge in [-0.2, -0.15) is 0 Å². The molecule has 0 radical (unpaired) electrons. The van der Waals surface area contributed by atoms with Crippen LogP contribution >= 0.6 is 0 Å². The Morgan fingerprint density at radius 1 is 1.22 bits per heavy atom. The zero-order chi connectivity index (χ0) is 13.3. The van der Waals surface area contributed by atoms with Crippen molar-refractivity contribution in [2.45, 2.75) is 51.9 Å². The molecule has 0 spiro atoms. The average molecular weight is 247 g/mol. The molecule has 2 rings (SSSR count). The summed E-state index contributed by atoms with van der Waals surface area (Å²) >= 11 is 0. The quantitative estimate of drug-likeness (QED) is 0.709. The molecule has 1 aromatic heterocycles. The Kier molecular flexibility index (Phi) is 3.33. The molecular weight excluding hydrogens is 226 g/mol. The Morgan fingerprint density at radius 3 is 2.39 bits per heavy atom. The van der Waals surface area contributed by atoms with Gasteiger partial charge in [0.15, 0.2) is 0 Å². The largest absolute Gasteiger partial charge is 0.464 e. The first-order valence-electron chi connectivity index (χ1n) is 6.53. The summed E-state index contributed by atoms with van der Waals surface area (Å²) in [5, 5.41) is 9.37. The van der Waals surface area contributed by atoms with Crippen molar-refractivity contribution in [2.24, 2.45) is 0 Å². The molecule has 98 valence electrons. The Labute approximate surface area is 108 Å². The molecule has 0 saturated carbocycles. The molecule has 1 aromatic rings. The fraction of sp³-hybridized carbons (Fsp3) is 0.533. The molecule has 3 nitrogen and oxygen atoms in total. The fourth-order valence-corrected chi connectivity index (χ4v) is 2.76. The van der Waals surface area contributed by atoms with Crippen LogP contribution in [0, 0.1) is 0 Å². The molecule has 1 aliphatic rings. The molecule has 0 aliphatic heterocycles. The van der Waals surface area contributed by atoms with E-state index in [9.17, 15) is 9.90 Å². The van der Waals surface area contributed by atoms with Crippen LogP contribution in [0.5, 0.6) is 0 Å². The Balaban J connectivity index is 2.58. The summed E-state index contributed by atoms with van der Waals surface area (Å²) in [5.41, 5.74) is 3.26. The zero-order valence-corrected chi connectivity index (χ0v) is 11.4. The van der Waals surface area contributed by atoms with Crippen LogP contribution in [0.2, 0.25) is 0 Å². The van der Waals surface area contributed by atoms with E-state index < -0.39 is 6.09 Å². The number of hydrogen-bond donors (Lipinski definition) is 1. The minimum Gasteiger partial charge on any atom is -0.464 e. The normalized spacial score (nSPS) is 17.7. The van der Waals surface area contributed by atoms with Gasteiger partial charge in [-0.25, -0.2) is 4.79 Å². The lowest BCUT2D eigenvalue weighted by Crippen LogP contribution is -2.22. The van der Waals surface area contributed by atoms with E-state index in [1.807, 2.05) is 6.20 Å². The van der Waals surface area contributed by atoms with Crippen molar-refractivity contribution in [3.05, 3.63) is 35.2 Å². The van der Waals surface area contributed by atoms with Crippen LogP contribution in [0.25, 0.3) is 0 Å². The summed E-state index contributed by atoms with van der Waals surface area (Å²) in [5.74, 6) is 0. The summed E-state index contributed by atoms with van der Waals surface area (Å²) in [6.45, 7) is 6.24. The van der Waals surface area contributed by atoms with Crippen molar-refractivity contribution in [3.63, 3.8) is 0 Å². The first-order valence-corrected chi connectivity index (χ1v) is 6.53. The number of fused-ring (bicyclic) bond motifs is 1. The average Bonchev–Trinajstić information content (AvgIpc) is 2.55. The summed E-state index contributed by atoms with van der Waals surface area (Å²) < 4.78 is 1.43. The summed E-state index contributed by atoms with van der Waals surface area (Å²) in [6.07, 6.45) is 9.22. The van der Waals surface area contributed by atoms with Crippen LogP contribution in [0.4, 0.5) is 4.79 Å². The van der Waals surface area contributed by atoms with Crippen LogP contribution < -0.4 is 0 Å². The molecule has 0 fully saturated rings. The second kappa shape index (κ2) is 4.63. The summed E-state index contributed by atoms with van der Waals surface area (Å²) in [7, 11) is 0. The van der Waals surface area contributed by atoms with Crippen LogP contribution in [-0.4, -0.2) is 15.8 Å². The molecule has 0 aromatic carbocycles. The molecule has 1 heterocycles. The molecule has 1 aliphatic carbocycles. The highest BCUT2D eigenvalue weighted by Crippen LogP contribution is 2.32. The van der Waals surface area contributed by atoms with E-state index in [2.05, 4.69) is 32.9 Å². The van der Waals surface area contributed by atoms with Crippen molar-refractivity contribution in [1.82, 2.24) is 4.57 Å². The fourth-order valence-electron chi connectivity index (χ4n) is 2.76. The maximum atomic E-state index is 11.4. The maximum Gasteiger partial charge on any atom is 0.415 e. The molecule has 18 heavy (non-hydrogen) atoms. The lowest BCUT2D eigenvalue weighted by atomic mass is 9.86. The Bertz CT molecular complexity index is 489. The number of carboxylic acid groups (broad SMARTS) is 1. The van der Waals surface area contributed by atoms with Gasteiger partial charge < -0.3 is 5.11 Å². The molecule has 0 unspecified atom stereocenters. The Hall–Kier alpha value is -1.51. The van der Waals surface area contributed by atoms with E-state index in [-0.39, 0.29) is 5.41 Å². The van der Waals surface area contributed by atoms with Gasteiger partial charge in [0.2, 0.25) is 0 Å². The van der Waals surface area contributed by atoms with E-state index in [1.54, 1.807) is 0 Å². The van der Waals surface area contributed by atoms with Crippen molar-refractivity contribution in [2.75, 3.05) is 0 Å². The van der Waals surface area contributed by atoms with Crippen molar-refractivity contribution < 1.29 is 9.90 Å². The van der Waals surface area contributed by atoms with E-state index in [0.29, 0.717) is 0 Å². The lowest BCUT2D eigenvalue weighted by molar-refractivity contribution is 0.194. The standard InChI is InChI=1S/C15H21NO2/c1-15(2,3)13-12-9-7-5-4-6-8-11(12)10-16(13)14(17)18/h4-5,10H,6-9H2,1-3H3,(H,17,18)/b5-4-. The van der Waals surface area contributed by atoms with E-state index in [1.165, 1.54) is 15.7 Å². The smallest absolute Gasteiger partial charge is 0.415 e. The van der Waals surface area contributed by atoms with Gasteiger partial charge in [0, 0.05) is 17.3 Å². The number of rotatable bonds is 0. The monoisotopic (exact) mass is 247 g/mol. The molecule has 1 N–H and O–H groups in total. The van der Waals surface area contributed by atoms with Crippen molar-refractivity contribution in [1.29, 1.82) is 0 Å². The van der Waals surface area contributed by atoms with Gasteiger partial charge in [-0.15, -0.1) is 0 Å². The van der Waals surface area contributed by atoms with Crippen LogP contribution in [-0.2, 0) is 18.3 Å². The topological polar surface area (TPSA) is 42.2 Å². The van der Waals surface area contributed by atoms with Gasteiger partial charge in [0.1, 0.15) is 0 Å². The van der Waals surface area contributed by atoms with Gasteiger partial charge in [-0.1, -0.05) is 32.9 Å². The van der Waals surface area contributed by atoms with Gasteiger partial charge in [-0.05, 0) is 36.8 Å². The predicted octanol–water partition coefficient (Wildman–Crippen LogP) is 3.75. The summed E-state index contributed by atoms with van der Waals surface area (Å²) in [4.78, 5) is 11.4. The molecule has 0 atom stereocenters. The van der Waals surface area contributed by atoms with Crippen molar-refractivity contribution in [3.8, 4) is 0 Å².